The average Bonchev–Trinajstić information content (AvgIpc) is 3.27. The monoisotopic (exact) mass is 385 g/mol. The molecule has 0 saturated heterocycles. The second-order valence-electron chi connectivity index (χ2n) is 5.09. The molecule has 4 rings (SSSR count). The highest BCUT2D eigenvalue weighted by Gasteiger charge is 2.14. The van der Waals surface area contributed by atoms with Gasteiger partial charge in [-0.15, -0.1) is 27.0 Å². The molecule has 0 fully saturated rings. The number of halogens is 1. The number of benzene rings is 1. The lowest BCUT2D eigenvalue weighted by atomic mass is 10.2. The molecule has 0 radical (unpaired) electrons. The fourth-order valence-corrected chi connectivity index (χ4v) is 3.87. The highest BCUT2D eigenvalue weighted by Crippen LogP contribution is 2.31. The maximum absolute atomic E-state index is 14.1. The van der Waals surface area contributed by atoms with Crippen LogP contribution in [0.2, 0.25) is 0 Å². The van der Waals surface area contributed by atoms with Crippen LogP contribution in [-0.2, 0) is 0 Å². The van der Waals surface area contributed by atoms with E-state index in [1.54, 1.807) is 30.3 Å². The van der Waals surface area contributed by atoms with Crippen LogP contribution in [0.15, 0.2) is 58.4 Å². The van der Waals surface area contributed by atoms with Crippen molar-refractivity contribution in [3.63, 3.8) is 0 Å². The van der Waals surface area contributed by atoms with Gasteiger partial charge in [0.15, 0.2) is 15.8 Å². The highest BCUT2D eigenvalue weighted by atomic mass is 32.2. The molecule has 7 nitrogen and oxygen atoms in total. The molecule has 0 aliphatic heterocycles. The molecule has 0 aliphatic carbocycles. The van der Waals surface area contributed by atoms with Crippen molar-refractivity contribution in [3.05, 3.63) is 54.9 Å². The molecule has 0 bridgehead atoms. The molecular formula is C16H12FN7S2. The summed E-state index contributed by atoms with van der Waals surface area (Å²) in [6.45, 7) is 4.27. The van der Waals surface area contributed by atoms with E-state index in [1.807, 2.05) is 6.07 Å². The van der Waals surface area contributed by atoms with Gasteiger partial charge >= 0.3 is 0 Å². The minimum Gasteiger partial charge on any atom is -0.357 e. The third-order valence-corrected chi connectivity index (χ3v) is 5.21. The molecular weight excluding hydrogens is 373 g/mol. The molecule has 1 aromatic carbocycles. The number of hydrogen-bond acceptors (Lipinski definition) is 8. The molecule has 10 heteroatoms. The molecule has 0 atom stereocenters. The Labute approximate surface area is 156 Å². The van der Waals surface area contributed by atoms with E-state index in [1.165, 1.54) is 33.7 Å². The fourth-order valence-electron chi connectivity index (χ4n) is 2.21. The molecule has 26 heavy (non-hydrogen) atoms. The van der Waals surface area contributed by atoms with E-state index >= 15 is 0 Å². The number of fused-ring (bicyclic) bond motifs is 1. The first-order valence-corrected chi connectivity index (χ1v) is 9.21. The van der Waals surface area contributed by atoms with Crippen LogP contribution in [0.25, 0.3) is 17.0 Å². The van der Waals surface area contributed by atoms with Gasteiger partial charge in [0, 0.05) is 6.54 Å². The third-order valence-electron chi connectivity index (χ3n) is 3.35. The molecule has 0 aliphatic rings. The van der Waals surface area contributed by atoms with Crippen LogP contribution < -0.4 is 5.32 Å². The Bertz CT molecular complexity index is 1080. The first-order valence-electron chi connectivity index (χ1n) is 7.58. The third kappa shape index (κ3) is 3.28. The second kappa shape index (κ2) is 7.18. The molecule has 0 saturated carbocycles. The Morgan fingerprint density at radius 1 is 1.15 bits per heavy atom. The predicted molar refractivity (Wildman–Crippen MR) is 98.9 cm³/mol. The van der Waals surface area contributed by atoms with Crippen molar-refractivity contribution >= 4 is 33.9 Å². The fraction of sp³-hybridized carbons (Fsp3) is 0.0625. The van der Waals surface area contributed by atoms with E-state index < -0.39 is 0 Å². The van der Waals surface area contributed by atoms with E-state index in [9.17, 15) is 4.39 Å². The standard InChI is InChI=1S/C16H12FN7S2/c1-2-9-18-15-21-22-16(26-15)25-13-8-7-12-19-20-14(24(12)23-13)10-5-3-4-6-11(10)17/h2-8H,1,9H2,(H,18,21). The number of nitrogens with one attached hydrogen (secondary N) is 1. The molecule has 3 aromatic heterocycles. The molecule has 4 aromatic rings. The Hall–Kier alpha value is -2.85. The van der Waals surface area contributed by atoms with Gasteiger partial charge in [-0.25, -0.2) is 4.39 Å². The maximum Gasteiger partial charge on any atom is 0.206 e. The Kier molecular flexibility index (Phi) is 4.59. The first-order chi connectivity index (χ1) is 12.7. The zero-order chi connectivity index (χ0) is 17.9. The predicted octanol–water partition coefficient (Wildman–Crippen LogP) is 3.53. The largest absolute Gasteiger partial charge is 0.357 e. The smallest absolute Gasteiger partial charge is 0.206 e. The normalized spacial score (nSPS) is 11.0. The van der Waals surface area contributed by atoms with Gasteiger partial charge in [-0.1, -0.05) is 29.5 Å². The summed E-state index contributed by atoms with van der Waals surface area (Å²) >= 11 is 2.79. The summed E-state index contributed by atoms with van der Waals surface area (Å²) in [7, 11) is 0. The van der Waals surface area contributed by atoms with E-state index in [-0.39, 0.29) is 5.82 Å². The summed E-state index contributed by atoms with van der Waals surface area (Å²) in [6, 6.07) is 10.0. The van der Waals surface area contributed by atoms with Crippen molar-refractivity contribution in [2.75, 3.05) is 11.9 Å². The lowest BCUT2D eigenvalue weighted by Gasteiger charge is -2.02. The van der Waals surface area contributed by atoms with Crippen LogP contribution in [-0.4, -0.2) is 36.6 Å². The van der Waals surface area contributed by atoms with Crippen molar-refractivity contribution < 1.29 is 4.39 Å². The first kappa shape index (κ1) is 16.6. The van der Waals surface area contributed by atoms with Crippen LogP contribution >= 0.6 is 23.1 Å². The Morgan fingerprint density at radius 3 is 2.88 bits per heavy atom. The minimum absolute atomic E-state index is 0.349. The summed E-state index contributed by atoms with van der Waals surface area (Å²) in [6.07, 6.45) is 1.75. The summed E-state index contributed by atoms with van der Waals surface area (Å²) < 4.78 is 16.4. The number of rotatable bonds is 6. The van der Waals surface area contributed by atoms with Crippen LogP contribution in [0.4, 0.5) is 9.52 Å². The van der Waals surface area contributed by atoms with Crippen molar-refractivity contribution in [2.24, 2.45) is 0 Å². The second-order valence-corrected chi connectivity index (χ2v) is 7.33. The van der Waals surface area contributed by atoms with Crippen LogP contribution in [0.5, 0.6) is 0 Å². The van der Waals surface area contributed by atoms with Gasteiger partial charge in [0.1, 0.15) is 10.8 Å². The quantitative estimate of drug-likeness (QED) is 0.509. The number of aromatic nitrogens is 6. The van der Waals surface area contributed by atoms with Crippen LogP contribution in [0.1, 0.15) is 0 Å². The van der Waals surface area contributed by atoms with E-state index in [0.29, 0.717) is 33.7 Å². The van der Waals surface area contributed by atoms with Crippen molar-refractivity contribution in [2.45, 2.75) is 9.37 Å². The van der Waals surface area contributed by atoms with Crippen LogP contribution in [0.3, 0.4) is 0 Å². The van der Waals surface area contributed by atoms with Gasteiger partial charge in [0.05, 0.1) is 5.56 Å². The number of hydrogen-bond donors (Lipinski definition) is 1. The molecule has 3 heterocycles. The maximum atomic E-state index is 14.1. The van der Waals surface area contributed by atoms with Crippen LogP contribution in [0, 0.1) is 5.82 Å². The molecule has 0 spiro atoms. The number of nitrogens with zero attached hydrogens (tertiary/aromatic N) is 6. The molecule has 0 amide bonds. The summed E-state index contributed by atoms with van der Waals surface area (Å²) in [4.78, 5) is 0. The van der Waals surface area contributed by atoms with Gasteiger partial charge in [0.2, 0.25) is 5.13 Å². The van der Waals surface area contributed by atoms with Gasteiger partial charge in [0.25, 0.3) is 0 Å². The highest BCUT2D eigenvalue weighted by molar-refractivity contribution is 8.01. The van der Waals surface area contributed by atoms with Gasteiger partial charge in [-0.3, -0.25) is 0 Å². The van der Waals surface area contributed by atoms with Gasteiger partial charge < -0.3 is 5.32 Å². The summed E-state index contributed by atoms with van der Waals surface area (Å²) in [5.41, 5.74) is 0.889. The van der Waals surface area contributed by atoms with Gasteiger partial charge in [-0.2, -0.15) is 9.61 Å². The van der Waals surface area contributed by atoms with E-state index in [2.05, 4.69) is 37.4 Å². The lowest BCUT2D eigenvalue weighted by molar-refractivity contribution is 0.629. The molecule has 0 unspecified atom stereocenters. The molecule has 1 N–H and O–H groups in total. The van der Waals surface area contributed by atoms with Crippen molar-refractivity contribution in [1.82, 2.24) is 30.0 Å². The van der Waals surface area contributed by atoms with E-state index in [4.69, 9.17) is 0 Å². The summed E-state index contributed by atoms with van der Waals surface area (Å²) in [5, 5.41) is 25.3. The average molecular weight is 385 g/mol. The Balaban J connectivity index is 1.65. The number of anilines is 1. The zero-order valence-electron chi connectivity index (χ0n) is 13.3. The summed E-state index contributed by atoms with van der Waals surface area (Å²) in [5.74, 6) is -0.0186. The van der Waals surface area contributed by atoms with E-state index in [0.717, 1.165) is 4.34 Å². The zero-order valence-corrected chi connectivity index (χ0v) is 15.0. The van der Waals surface area contributed by atoms with Crippen molar-refractivity contribution in [1.29, 1.82) is 0 Å². The van der Waals surface area contributed by atoms with Gasteiger partial charge in [-0.05, 0) is 36.0 Å². The SMILES string of the molecule is C=CCNc1nnc(Sc2ccc3nnc(-c4ccccc4F)n3n2)s1. The lowest BCUT2D eigenvalue weighted by Crippen LogP contribution is -1.97. The Morgan fingerprint density at radius 2 is 2.04 bits per heavy atom. The molecule has 130 valence electrons. The van der Waals surface area contributed by atoms with Crippen molar-refractivity contribution in [3.8, 4) is 11.4 Å². The minimum atomic E-state index is -0.372. The topological polar surface area (TPSA) is 80.9 Å².